The average Bonchev–Trinajstić information content (AvgIpc) is 2.48. The molecule has 112 valence electrons. The van der Waals surface area contributed by atoms with Crippen molar-refractivity contribution in [2.75, 3.05) is 0 Å². The molecular weight excluding hydrogens is 242 g/mol. The number of rotatable bonds is 5. The Morgan fingerprint density at radius 2 is 1.70 bits per heavy atom. The lowest BCUT2D eigenvalue weighted by Gasteiger charge is -2.39. The van der Waals surface area contributed by atoms with Crippen molar-refractivity contribution in [2.24, 2.45) is 11.3 Å². The Labute approximate surface area is 125 Å². The van der Waals surface area contributed by atoms with Gasteiger partial charge in [-0.3, -0.25) is 0 Å². The largest absolute Gasteiger partial charge is 0.307 e. The summed E-state index contributed by atoms with van der Waals surface area (Å²) < 4.78 is 0. The molecule has 1 N–H and O–H groups in total. The summed E-state index contributed by atoms with van der Waals surface area (Å²) in [6.07, 6.45) is 6.76. The van der Waals surface area contributed by atoms with E-state index < -0.39 is 0 Å². The molecule has 0 unspecified atom stereocenters. The van der Waals surface area contributed by atoms with Crippen molar-refractivity contribution in [3.63, 3.8) is 0 Å². The van der Waals surface area contributed by atoms with E-state index in [9.17, 15) is 0 Å². The molecule has 1 aliphatic rings. The van der Waals surface area contributed by atoms with E-state index in [0.29, 0.717) is 17.5 Å². The average molecular weight is 273 g/mol. The lowest BCUT2D eigenvalue weighted by molar-refractivity contribution is 0.134. The molecule has 1 nitrogen and oxygen atoms in total. The van der Waals surface area contributed by atoms with Crippen molar-refractivity contribution in [3.05, 3.63) is 35.9 Å². The van der Waals surface area contributed by atoms with Gasteiger partial charge in [0.15, 0.2) is 0 Å². The van der Waals surface area contributed by atoms with Crippen LogP contribution in [0.2, 0.25) is 0 Å². The molecule has 2 rings (SSSR count). The normalized spacial score (nSPS) is 25.4. The highest BCUT2D eigenvalue weighted by Gasteiger charge is 2.31. The molecule has 1 aromatic carbocycles. The highest BCUT2D eigenvalue weighted by atomic mass is 14.9. The molecule has 0 aliphatic heterocycles. The van der Waals surface area contributed by atoms with Gasteiger partial charge < -0.3 is 5.32 Å². The van der Waals surface area contributed by atoms with Gasteiger partial charge in [0.05, 0.1) is 0 Å². The highest BCUT2D eigenvalue weighted by Crippen LogP contribution is 2.40. The second-order valence-corrected chi connectivity index (χ2v) is 7.19. The van der Waals surface area contributed by atoms with Crippen molar-refractivity contribution < 1.29 is 0 Å². The van der Waals surface area contributed by atoms with Gasteiger partial charge in [0.2, 0.25) is 0 Å². The van der Waals surface area contributed by atoms with Crippen molar-refractivity contribution in [3.8, 4) is 0 Å². The Morgan fingerprint density at radius 1 is 1.10 bits per heavy atom. The SMILES string of the molecule is CCC(C)(C)C1CCC(N[C@H](C)c2ccccc2)CC1. The van der Waals surface area contributed by atoms with Gasteiger partial charge in [0, 0.05) is 12.1 Å². The van der Waals surface area contributed by atoms with Crippen LogP contribution >= 0.6 is 0 Å². The van der Waals surface area contributed by atoms with Gasteiger partial charge >= 0.3 is 0 Å². The van der Waals surface area contributed by atoms with Gasteiger partial charge in [-0.25, -0.2) is 0 Å². The minimum Gasteiger partial charge on any atom is -0.307 e. The second kappa shape index (κ2) is 6.76. The summed E-state index contributed by atoms with van der Waals surface area (Å²) in [7, 11) is 0. The maximum atomic E-state index is 3.83. The van der Waals surface area contributed by atoms with Crippen LogP contribution in [-0.2, 0) is 0 Å². The van der Waals surface area contributed by atoms with Crippen LogP contribution in [0, 0.1) is 11.3 Å². The van der Waals surface area contributed by atoms with E-state index in [1.165, 1.54) is 37.7 Å². The fraction of sp³-hybridized carbons (Fsp3) is 0.684. The van der Waals surface area contributed by atoms with E-state index in [1.54, 1.807) is 0 Å². The molecule has 1 heteroatoms. The maximum Gasteiger partial charge on any atom is 0.0294 e. The zero-order valence-corrected chi connectivity index (χ0v) is 13.7. The predicted octanol–water partition coefficient (Wildman–Crippen LogP) is 5.33. The molecule has 1 aliphatic carbocycles. The summed E-state index contributed by atoms with van der Waals surface area (Å²) in [6, 6.07) is 12.0. The summed E-state index contributed by atoms with van der Waals surface area (Å²) in [5.41, 5.74) is 1.93. The third-order valence-corrected chi connectivity index (χ3v) is 5.53. The molecule has 0 aromatic heterocycles. The van der Waals surface area contributed by atoms with Gasteiger partial charge in [-0.1, -0.05) is 57.5 Å². The molecular formula is C19H31N. The topological polar surface area (TPSA) is 12.0 Å². The molecule has 0 spiro atoms. The Bertz CT molecular complexity index is 387. The molecule has 0 heterocycles. The van der Waals surface area contributed by atoms with Gasteiger partial charge in [-0.2, -0.15) is 0 Å². The van der Waals surface area contributed by atoms with E-state index in [4.69, 9.17) is 0 Å². The Morgan fingerprint density at radius 3 is 2.25 bits per heavy atom. The van der Waals surface area contributed by atoms with E-state index in [2.05, 4.69) is 63.3 Å². The number of benzene rings is 1. The Hall–Kier alpha value is -0.820. The van der Waals surface area contributed by atoms with Gasteiger partial charge in [0.25, 0.3) is 0 Å². The molecule has 1 atom stereocenters. The Balaban J connectivity index is 1.83. The van der Waals surface area contributed by atoms with Crippen LogP contribution in [0.3, 0.4) is 0 Å². The summed E-state index contributed by atoms with van der Waals surface area (Å²) in [6.45, 7) is 9.51. The standard InChI is InChI=1S/C19H31N/c1-5-19(3,4)17-11-13-18(14-12-17)20-15(2)16-9-7-6-8-10-16/h6-10,15,17-18,20H,5,11-14H2,1-4H3/t15-,17?,18?/m1/s1. The van der Waals surface area contributed by atoms with Crippen LogP contribution in [0.4, 0.5) is 0 Å². The fourth-order valence-corrected chi connectivity index (χ4v) is 3.52. The third kappa shape index (κ3) is 3.85. The van der Waals surface area contributed by atoms with E-state index >= 15 is 0 Å². The van der Waals surface area contributed by atoms with Crippen LogP contribution in [0.1, 0.15) is 71.4 Å². The zero-order valence-electron chi connectivity index (χ0n) is 13.7. The first-order chi connectivity index (χ1) is 9.53. The molecule has 20 heavy (non-hydrogen) atoms. The lowest BCUT2D eigenvalue weighted by atomic mass is 9.69. The van der Waals surface area contributed by atoms with Crippen LogP contribution in [-0.4, -0.2) is 6.04 Å². The lowest BCUT2D eigenvalue weighted by Crippen LogP contribution is -2.38. The summed E-state index contributed by atoms with van der Waals surface area (Å²) >= 11 is 0. The third-order valence-electron chi connectivity index (χ3n) is 5.53. The van der Waals surface area contributed by atoms with Crippen molar-refractivity contribution in [1.82, 2.24) is 5.32 Å². The maximum absolute atomic E-state index is 3.83. The first kappa shape index (κ1) is 15.6. The molecule has 1 fully saturated rings. The fourth-order valence-electron chi connectivity index (χ4n) is 3.52. The highest BCUT2D eigenvalue weighted by molar-refractivity contribution is 5.18. The molecule has 0 bridgehead atoms. The monoisotopic (exact) mass is 273 g/mol. The van der Waals surface area contributed by atoms with Crippen molar-refractivity contribution >= 4 is 0 Å². The minimum absolute atomic E-state index is 0.469. The zero-order chi connectivity index (χ0) is 14.6. The minimum atomic E-state index is 0.469. The smallest absolute Gasteiger partial charge is 0.0294 e. The van der Waals surface area contributed by atoms with E-state index in [1.807, 2.05) is 0 Å². The molecule has 0 amide bonds. The van der Waals surface area contributed by atoms with Gasteiger partial charge in [0.1, 0.15) is 0 Å². The van der Waals surface area contributed by atoms with Crippen molar-refractivity contribution in [1.29, 1.82) is 0 Å². The van der Waals surface area contributed by atoms with E-state index in [-0.39, 0.29) is 0 Å². The first-order valence-electron chi connectivity index (χ1n) is 8.34. The number of hydrogen-bond donors (Lipinski definition) is 1. The summed E-state index contributed by atoms with van der Waals surface area (Å²) in [5, 5.41) is 3.83. The quantitative estimate of drug-likeness (QED) is 0.764. The summed E-state index contributed by atoms with van der Waals surface area (Å²) in [5.74, 6) is 0.914. The molecule has 0 saturated heterocycles. The van der Waals surface area contributed by atoms with Crippen LogP contribution in [0.5, 0.6) is 0 Å². The Kier molecular flexibility index (Phi) is 5.26. The number of nitrogens with one attached hydrogen (secondary N) is 1. The van der Waals surface area contributed by atoms with Gasteiger partial charge in [-0.05, 0) is 49.5 Å². The number of hydrogen-bond acceptors (Lipinski definition) is 1. The van der Waals surface area contributed by atoms with Gasteiger partial charge in [-0.15, -0.1) is 0 Å². The second-order valence-electron chi connectivity index (χ2n) is 7.19. The molecule has 1 saturated carbocycles. The van der Waals surface area contributed by atoms with Crippen LogP contribution in [0.25, 0.3) is 0 Å². The van der Waals surface area contributed by atoms with Crippen LogP contribution in [0.15, 0.2) is 30.3 Å². The first-order valence-corrected chi connectivity index (χ1v) is 8.34. The molecule has 1 aromatic rings. The van der Waals surface area contributed by atoms with Crippen LogP contribution < -0.4 is 5.32 Å². The molecule has 0 radical (unpaired) electrons. The predicted molar refractivity (Wildman–Crippen MR) is 87.8 cm³/mol. The summed E-state index contributed by atoms with van der Waals surface area (Å²) in [4.78, 5) is 0. The van der Waals surface area contributed by atoms with Crippen molar-refractivity contribution in [2.45, 2.75) is 71.9 Å². The van der Waals surface area contributed by atoms with E-state index in [0.717, 1.165) is 5.92 Å².